The zero-order valence-electron chi connectivity index (χ0n) is 10.4. The molecule has 19 heavy (non-hydrogen) atoms. The van der Waals surface area contributed by atoms with E-state index in [-0.39, 0.29) is 13.0 Å². The van der Waals surface area contributed by atoms with E-state index in [4.69, 9.17) is 5.73 Å². The summed E-state index contributed by atoms with van der Waals surface area (Å²) in [6.45, 7) is 0.205. The Morgan fingerprint density at radius 1 is 1.42 bits per heavy atom. The highest BCUT2D eigenvalue weighted by Crippen LogP contribution is 2.19. The fourth-order valence-electron chi connectivity index (χ4n) is 1.36. The van der Waals surface area contributed by atoms with Gasteiger partial charge in [0.05, 0.1) is 24.4 Å². The molecule has 7 heteroatoms. The molecule has 0 atom stereocenters. The van der Waals surface area contributed by atoms with Crippen LogP contribution in [0.3, 0.4) is 0 Å². The second-order valence-electron chi connectivity index (χ2n) is 4.06. The van der Waals surface area contributed by atoms with Crippen molar-refractivity contribution in [3.8, 4) is 0 Å². The molecule has 0 saturated heterocycles. The van der Waals surface area contributed by atoms with Crippen molar-refractivity contribution in [2.45, 2.75) is 19.5 Å². The third-order valence-corrected chi connectivity index (χ3v) is 2.22. The Morgan fingerprint density at radius 3 is 2.68 bits per heavy atom. The number of nitrogens with two attached hydrogens (primary N) is 1. The second kappa shape index (κ2) is 6.42. The van der Waals surface area contributed by atoms with E-state index in [1.54, 1.807) is 18.2 Å². The van der Waals surface area contributed by atoms with Gasteiger partial charge in [-0.2, -0.15) is 13.2 Å². The lowest BCUT2D eigenvalue weighted by molar-refractivity contribution is -0.174. The smallest absolute Gasteiger partial charge is 0.397 e. The Labute approximate surface area is 108 Å². The maximum atomic E-state index is 11.8. The van der Waals surface area contributed by atoms with Crippen LogP contribution in [0.4, 0.5) is 24.5 Å². The number of hydrogen-bond acceptors (Lipinski definition) is 3. The number of anilines is 2. The van der Waals surface area contributed by atoms with Gasteiger partial charge in [-0.25, -0.2) is 0 Å². The number of aryl methyl sites for hydroxylation is 1. The van der Waals surface area contributed by atoms with Crippen molar-refractivity contribution in [1.29, 1.82) is 0 Å². The number of amides is 1. The Bertz CT molecular complexity index is 447. The standard InChI is InChI=1S/C12H15F3N2O2/c1-8-2-3-10(9(16)6-8)17-11(18)4-5-19-7-12(13,14)15/h2-3,6H,4-5,7,16H2,1H3,(H,17,18). The molecular weight excluding hydrogens is 261 g/mol. The molecule has 0 aliphatic heterocycles. The molecule has 1 rings (SSSR count). The summed E-state index contributed by atoms with van der Waals surface area (Å²) in [5.74, 6) is -0.447. The number of carbonyl (C=O) groups is 1. The Kier molecular flexibility index (Phi) is 5.17. The Morgan fingerprint density at radius 2 is 2.11 bits per heavy atom. The van der Waals surface area contributed by atoms with Gasteiger partial charge in [0.15, 0.2) is 0 Å². The van der Waals surface area contributed by atoms with Crippen LogP contribution in [0.2, 0.25) is 0 Å². The van der Waals surface area contributed by atoms with Gasteiger partial charge in [0.25, 0.3) is 0 Å². The van der Waals surface area contributed by atoms with E-state index in [2.05, 4.69) is 10.1 Å². The van der Waals surface area contributed by atoms with Gasteiger partial charge in [0.1, 0.15) is 6.61 Å². The van der Waals surface area contributed by atoms with Crippen LogP contribution in [0, 0.1) is 6.92 Å². The third-order valence-electron chi connectivity index (χ3n) is 2.22. The van der Waals surface area contributed by atoms with Crippen LogP contribution in [0.5, 0.6) is 0 Å². The quantitative estimate of drug-likeness (QED) is 0.641. The van der Waals surface area contributed by atoms with Crippen LogP contribution in [-0.4, -0.2) is 25.3 Å². The topological polar surface area (TPSA) is 64.3 Å². The number of nitrogens with one attached hydrogen (secondary N) is 1. The lowest BCUT2D eigenvalue weighted by Crippen LogP contribution is -2.20. The monoisotopic (exact) mass is 276 g/mol. The number of halogens is 3. The minimum atomic E-state index is -4.38. The summed E-state index contributed by atoms with van der Waals surface area (Å²) in [7, 11) is 0. The minimum Gasteiger partial charge on any atom is -0.397 e. The predicted octanol–water partition coefficient (Wildman–Crippen LogP) is 2.48. The zero-order chi connectivity index (χ0) is 14.5. The van der Waals surface area contributed by atoms with Crippen molar-refractivity contribution in [1.82, 2.24) is 0 Å². The highest BCUT2D eigenvalue weighted by Gasteiger charge is 2.27. The van der Waals surface area contributed by atoms with Crippen molar-refractivity contribution in [3.63, 3.8) is 0 Å². The van der Waals surface area contributed by atoms with Crippen LogP contribution in [0.1, 0.15) is 12.0 Å². The van der Waals surface area contributed by atoms with E-state index in [1.165, 1.54) is 0 Å². The molecule has 0 fully saturated rings. The van der Waals surface area contributed by atoms with Crippen molar-refractivity contribution in [2.24, 2.45) is 0 Å². The second-order valence-corrected chi connectivity index (χ2v) is 4.06. The van der Waals surface area contributed by atoms with Crippen molar-refractivity contribution in [2.75, 3.05) is 24.3 Å². The highest BCUT2D eigenvalue weighted by molar-refractivity contribution is 5.93. The molecule has 0 aliphatic rings. The fourth-order valence-corrected chi connectivity index (χ4v) is 1.36. The largest absolute Gasteiger partial charge is 0.411 e. The molecule has 0 spiro atoms. The normalized spacial score (nSPS) is 11.4. The summed E-state index contributed by atoms with van der Waals surface area (Å²) in [6, 6.07) is 5.10. The van der Waals surface area contributed by atoms with E-state index < -0.39 is 18.7 Å². The molecule has 0 saturated carbocycles. The van der Waals surface area contributed by atoms with E-state index >= 15 is 0 Å². The SMILES string of the molecule is Cc1ccc(NC(=O)CCOCC(F)(F)F)c(N)c1. The van der Waals surface area contributed by atoms with E-state index in [9.17, 15) is 18.0 Å². The number of carbonyl (C=O) groups excluding carboxylic acids is 1. The van der Waals surface area contributed by atoms with Crippen molar-refractivity contribution < 1.29 is 22.7 Å². The van der Waals surface area contributed by atoms with E-state index in [1.807, 2.05) is 6.92 Å². The average Bonchev–Trinajstić information content (AvgIpc) is 2.27. The zero-order valence-corrected chi connectivity index (χ0v) is 10.4. The maximum absolute atomic E-state index is 11.8. The number of benzene rings is 1. The summed E-state index contributed by atoms with van der Waals surface area (Å²) < 4.78 is 39.7. The van der Waals surface area contributed by atoms with Crippen LogP contribution >= 0.6 is 0 Å². The van der Waals surface area contributed by atoms with Gasteiger partial charge in [-0.05, 0) is 24.6 Å². The average molecular weight is 276 g/mol. The van der Waals surface area contributed by atoms with Crippen LogP contribution in [0.25, 0.3) is 0 Å². The molecule has 0 unspecified atom stereocenters. The van der Waals surface area contributed by atoms with Gasteiger partial charge >= 0.3 is 6.18 Å². The van der Waals surface area contributed by atoms with Gasteiger partial charge in [-0.1, -0.05) is 6.07 Å². The summed E-state index contributed by atoms with van der Waals surface area (Å²) in [5.41, 5.74) is 7.48. The third kappa shape index (κ3) is 6.10. The first-order chi connectivity index (χ1) is 8.78. The Hall–Kier alpha value is -1.76. The molecule has 0 aliphatic carbocycles. The summed E-state index contributed by atoms with van der Waals surface area (Å²) in [4.78, 5) is 11.4. The van der Waals surface area contributed by atoms with Crippen LogP contribution < -0.4 is 11.1 Å². The molecule has 0 radical (unpaired) electrons. The van der Waals surface area contributed by atoms with Gasteiger partial charge in [-0.3, -0.25) is 4.79 Å². The van der Waals surface area contributed by atoms with Crippen LogP contribution in [0.15, 0.2) is 18.2 Å². The predicted molar refractivity (Wildman–Crippen MR) is 65.7 cm³/mol. The molecule has 106 valence electrons. The summed E-state index contributed by atoms with van der Waals surface area (Å²) >= 11 is 0. The van der Waals surface area contributed by atoms with Gasteiger partial charge in [-0.15, -0.1) is 0 Å². The maximum Gasteiger partial charge on any atom is 0.411 e. The summed E-state index contributed by atoms with van der Waals surface area (Å²) in [6.07, 6.45) is -4.54. The van der Waals surface area contributed by atoms with E-state index in [0.29, 0.717) is 11.4 Å². The molecule has 0 bridgehead atoms. The molecular formula is C12H15F3N2O2. The minimum absolute atomic E-state index is 0.163. The molecule has 4 nitrogen and oxygen atoms in total. The number of nitrogen functional groups attached to an aromatic ring is 1. The molecule has 0 heterocycles. The van der Waals surface area contributed by atoms with Gasteiger partial charge in [0.2, 0.25) is 5.91 Å². The number of hydrogen-bond donors (Lipinski definition) is 2. The summed E-state index contributed by atoms with van der Waals surface area (Å²) in [5, 5.41) is 2.51. The lowest BCUT2D eigenvalue weighted by atomic mass is 10.2. The highest BCUT2D eigenvalue weighted by atomic mass is 19.4. The van der Waals surface area contributed by atoms with Gasteiger partial charge in [0, 0.05) is 0 Å². The lowest BCUT2D eigenvalue weighted by Gasteiger charge is -2.10. The molecule has 1 aromatic carbocycles. The Balaban J connectivity index is 2.35. The number of ether oxygens (including phenoxy) is 1. The molecule has 1 aromatic rings. The van der Waals surface area contributed by atoms with Crippen LogP contribution in [-0.2, 0) is 9.53 Å². The first-order valence-electron chi connectivity index (χ1n) is 5.58. The molecule has 1 amide bonds. The molecule has 0 aromatic heterocycles. The first kappa shape index (κ1) is 15.3. The van der Waals surface area contributed by atoms with Crippen molar-refractivity contribution in [3.05, 3.63) is 23.8 Å². The molecule has 3 N–H and O–H groups in total. The number of rotatable bonds is 5. The number of alkyl halides is 3. The van der Waals surface area contributed by atoms with E-state index in [0.717, 1.165) is 5.56 Å². The van der Waals surface area contributed by atoms with Gasteiger partial charge < -0.3 is 15.8 Å². The fraction of sp³-hybridized carbons (Fsp3) is 0.417. The van der Waals surface area contributed by atoms with Crippen molar-refractivity contribution >= 4 is 17.3 Å². The first-order valence-corrected chi connectivity index (χ1v) is 5.58.